The predicted molar refractivity (Wildman–Crippen MR) is 59.3 cm³/mol. The van der Waals surface area contributed by atoms with Gasteiger partial charge in [0.05, 0.1) is 0 Å². The van der Waals surface area contributed by atoms with Crippen molar-refractivity contribution in [1.82, 2.24) is 5.32 Å². The van der Waals surface area contributed by atoms with Gasteiger partial charge in [-0.2, -0.15) is 0 Å². The molecule has 0 saturated heterocycles. The van der Waals surface area contributed by atoms with Gasteiger partial charge in [-0.05, 0) is 12.8 Å². The quantitative estimate of drug-likeness (QED) is 0.554. The van der Waals surface area contributed by atoms with E-state index in [1.54, 1.807) is 0 Å². The number of aldehydes is 1. The molecule has 0 heterocycles. The minimum Gasteiger partial charge on any atom is -0.313 e. The van der Waals surface area contributed by atoms with Gasteiger partial charge in [0, 0.05) is 18.0 Å². The van der Waals surface area contributed by atoms with E-state index in [0.29, 0.717) is 6.04 Å². The molecular weight excluding hydrogens is 174 g/mol. The van der Waals surface area contributed by atoms with Crippen molar-refractivity contribution in [2.24, 2.45) is 5.41 Å². The highest BCUT2D eigenvalue weighted by Gasteiger charge is 2.19. The van der Waals surface area contributed by atoms with E-state index in [1.165, 1.54) is 38.5 Å². The van der Waals surface area contributed by atoms with Crippen LogP contribution in [0.2, 0.25) is 0 Å². The van der Waals surface area contributed by atoms with Crippen LogP contribution in [-0.2, 0) is 4.79 Å². The van der Waals surface area contributed by atoms with Gasteiger partial charge in [-0.1, -0.05) is 39.5 Å². The molecule has 0 radical (unpaired) electrons. The summed E-state index contributed by atoms with van der Waals surface area (Å²) in [6.45, 7) is 4.80. The Morgan fingerprint density at radius 2 is 1.79 bits per heavy atom. The lowest BCUT2D eigenvalue weighted by molar-refractivity contribution is -0.114. The molecular formula is C12H23NO. The van der Waals surface area contributed by atoms with E-state index in [0.717, 1.165) is 12.8 Å². The number of carbonyl (C=O) groups excluding carboxylic acids is 1. The van der Waals surface area contributed by atoms with Crippen LogP contribution in [0.4, 0.5) is 0 Å². The van der Waals surface area contributed by atoms with Crippen molar-refractivity contribution in [2.45, 2.75) is 58.4 Å². The molecule has 0 amide bonds. The first-order chi connectivity index (χ1) is 6.64. The zero-order valence-electron chi connectivity index (χ0n) is 9.51. The molecule has 1 fully saturated rings. The Morgan fingerprint density at radius 1 is 1.21 bits per heavy atom. The summed E-state index contributed by atoms with van der Waals surface area (Å²) in [6.07, 6.45) is 9.09. The summed E-state index contributed by atoms with van der Waals surface area (Å²) in [5, 5.41) is 3.52. The van der Waals surface area contributed by atoms with Crippen molar-refractivity contribution in [3.8, 4) is 0 Å². The van der Waals surface area contributed by atoms with Gasteiger partial charge in [0.2, 0.25) is 0 Å². The lowest BCUT2D eigenvalue weighted by Gasteiger charge is -2.22. The van der Waals surface area contributed by atoms with Crippen LogP contribution in [0.25, 0.3) is 0 Å². The van der Waals surface area contributed by atoms with E-state index in [2.05, 4.69) is 5.32 Å². The first kappa shape index (κ1) is 11.7. The van der Waals surface area contributed by atoms with Crippen LogP contribution in [0, 0.1) is 5.41 Å². The predicted octanol–water partition coefficient (Wildman–Crippen LogP) is 2.52. The van der Waals surface area contributed by atoms with Gasteiger partial charge in [0.15, 0.2) is 0 Å². The van der Waals surface area contributed by atoms with Crippen molar-refractivity contribution in [2.75, 3.05) is 6.54 Å². The number of hydrogen-bond acceptors (Lipinski definition) is 2. The second kappa shape index (κ2) is 5.50. The van der Waals surface area contributed by atoms with Crippen molar-refractivity contribution < 1.29 is 4.79 Å². The number of hydrogen-bond donors (Lipinski definition) is 1. The molecule has 0 spiro atoms. The first-order valence-corrected chi connectivity index (χ1v) is 5.84. The third-order valence-electron chi connectivity index (χ3n) is 3.02. The smallest absolute Gasteiger partial charge is 0.126 e. The zero-order chi connectivity index (χ0) is 10.4. The monoisotopic (exact) mass is 197 g/mol. The SMILES string of the molecule is CC(C)(C=O)CNC1CCCCCC1. The van der Waals surface area contributed by atoms with Gasteiger partial charge in [-0.3, -0.25) is 0 Å². The average Bonchev–Trinajstić information content (AvgIpc) is 2.43. The van der Waals surface area contributed by atoms with Crippen LogP contribution < -0.4 is 5.32 Å². The highest BCUT2D eigenvalue weighted by atomic mass is 16.1. The summed E-state index contributed by atoms with van der Waals surface area (Å²) in [4.78, 5) is 10.7. The summed E-state index contributed by atoms with van der Waals surface area (Å²) < 4.78 is 0. The Bertz CT molecular complexity index is 169. The van der Waals surface area contributed by atoms with Crippen LogP contribution in [0.1, 0.15) is 52.4 Å². The summed E-state index contributed by atoms with van der Waals surface area (Å²) in [6, 6.07) is 0.650. The Morgan fingerprint density at radius 3 is 2.29 bits per heavy atom. The molecule has 0 unspecified atom stereocenters. The summed E-state index contributed by atoms with van der Waals surface area (Å²) in [5.41, 5.74) is -0.202. The highest BCUT2D eigenvalue weighted by molar-refractivity contribution is 5.58. The molecule has 1 aliphatic rings. The van der Waals surface area contributed by atoms with E-state index >= 15 is 0 Å². The Balaban J connectivity index is 2.25. The van der Waals surface area contributed by atoms with Crippen LogP contribution >= 0.6 is 0 Å². The molecule has 0 aromatic heterocycles. The molecule has 82 valence electrons. The fourth-order valence-electron chi connectivity index (χ4n) is 1.93. The topological polar surface area (TPSA) is 29.1 Å². The van der Waals surface area contributed by atoms with Gasteiger partial charge in [0.25, 0.3) is 0 Å². The fourth-order valence-corrected chi connectivity index (χ4v) is 1.93. The van der Waals surface area contributed by atoms with E-state index in [-0.39, 0.29) is 5.41 Å². The van der Waals surface area contributed by atoms with Gasteiger partial charge in [0.1, 0.15) is 6.29 Å². The normalized spacial score (nSPS) is 20.4. The average molecular weight is 197 g/mol. The molecule has 2 nitrogen and oxygen atoms in total. The Labute approximate surface area is 87.5 Å². The molecule has 1 aliphatic carbocycles. The lowest BCUT2D eigenvalue weighted by atomic mass is 9.95. The zero-order valence-corrected chi connectivity index (χ0v) is 9.51. The standard InChI is InChI=1S/C12H23NO/c1-12(2,10-14)9-13-11-7-5-3-4-6-8-11/h10-11,13H,3-9H2,1-2H3. The largest absolute Gasteiger partial charge is 0.313 e. The minimum absolute atomic E-state index is 0.202. The molecule has 14 heavy (non-hydrogen) atoms. The number of rotatable bonds is 4. The van der Waals surface area contributed by atoms with Crippen molar-refractivity contribution in [3.05, 3.63) is 0 Å². The minimum atomic E-state index is -0.202. The van der Waals surface area contributed by atoms with Crippen molar-refractivity contribution in [3.63, 3.8) is 0 Å². The maximum Gasteiger partial charge on any atom is 0.126 e. The molecule has 1 saturated carbocycles. The molecule has 2 heteroatoms. The first-order valence-electron chi connectivity index (χ1n) is 5.84. The van der Waals surface area contributed by atoms with Gasteiger partial charge < -0.3 is 10.1 Å². The second-order valence-electron chi connectivity index (χ2n) is 5.18. The van der Waals surface area contributed by atoms with E-state index < -0.39 is 0 Å². The molecule has 0 aromatic rings. The van der Waals surface area contributed by atoms with E-state index in [1.807, 2.05) is 13.8 Å². The fraction of sp³-hybridized carbons (Fsp3) is 0.917. The van der Waals surface area contributed by atoms with Crippen molar-refractivity contribution in [1.29, 1.82) is 0 Å². The summed E-state index contributed by atoms with van der Waals surface area (Å²) >= 11 is 0. The molecule has 0 aliphatic heterocycles. The van der Waals surface area contributed by atoms with Crippen molar-refractivity contribution >= 4 is 6.29 Å². The molecule has 1 N–H and O–H groups in total. The second-order valence-corrected chi connectivity index (χ2v) is 5.18. The third kappa shape index (κ3) is 4.23. The number of carbonyl (C=O) groups is 1. The van der Waals surface area contributed by atoms with E-state index in [4.69, 9.17) is 0 Å². The molecule has 1 rings (SSSR count). The van der Waals surface area contributed by atoms with Gasteiger partial charge >= 0.3 is 0 Å². The van der Waals surface area contributed by atoms with Gasteiger partial charge in [-0.15, -0.1) is 0 Å². The Kier molecular flexibility index (Phi) is 4.59. The molecule has 0 aromatic carbocycles. The lowest BCUT2D eigenvalue weighted by Crippen LogP contribution is -2.37. The molecule has 0 atom stereocenters. The Hall–Kier alpha value is -0.370. The van der Waals surface area contributed by atoms with Crippen LogP contribution in [0.3, 0.4) is 0 Å². The third-order valence-corrected chi connectivity index (χ3v) is 3.02. The molecule has 0 bridgehead atoms. The van der Waals surface area contributed by atoms with Crippen LogP contribution in [0.15, 0.2) is 0 Å². The van der Waals surface area contributed by atoms with E-state index in [9.17, 15) is 4.79 Å². The maximum atomic E-state index is 10.7. The maximum absolute atomic E-state index is 10.7. The summed E-state index contributed by atoms with van der Waals surface area (Å²) in [7, 11) is 0. The number of nitrogens with one attached hydrogen (secondary N) is 1. The van der Waals surface area contributed by atoms with Gasteiger partial charge in [-0.25, -0.2) is 0 Å². The van der Waals surface area contributed by atoms with Crippen LogP contribution in [-0.4, -0.2) is 18.9 Å². The highest BCUT2D eigenvalue weighted by Crippen LogP contribution is 2.18. The summed E-state index contributed by atoms with van der Waals surface area (Å²) in [5.74, 6) is 0. The van der Waals surface area contributed by atoms with Crippen LogP contribution in [0.5, 0.6) is 0 Å².